The van der Waals surface area contributed by atoms with E-state index in [4.69, 9.17) is 26.0 Å². The van der Waals surface area contributed by atoms with Crippen molar-refractivity contribution in [3.8, 4) is 6.07 Å². The van der Waals surface area contributed by atoms with Crippen molar-refractivity contribution < 1.29 is 18.7 Å². The normalized spacial score (nSPS) is 10.4. The lowest BCUT2D eigenvalue weighted by molar-refractivity contribution is -0.121. The number of para-hydroxylation sites is 1. The van der Waals surface area contributed by atoms with Crippen LogP contribution in [0.1, 0.15) is 17.0 Å². The Hall–Kier alpha value is -3.30. The van der Waals surface area contributed by atoms with Crippen molar-refractivity contribution in [3.05, 3.63) is 65.4 Å². The quantitative estimate of drug-likeness (QED) is 0.597. The summed E-state index contributed by atoms with van der Waals surface area (Å²) in [7, 11) is 0. The molecule has 3 rings (SSSR count). The van der Waals surface area contributed by atoms with E-state index in [1.807, 2.05) is 12.1 Å². The van der Waals surface area contributed by atoms with Crippen molar-refractivity contribution in [2.45, 2.75) is 6.42 Å². The first-order valence-electron chi connectivity index (χ1n) is 8.17. The second kappa shape index (κ2) is 8.39. The molecule has 0 aliphatic rings. The summed E-state index contributed by atoms with van der Waals surface area (Å²) in [5, 5.41) is 9.99. The summed E-state index contributed by atoms with van der Waals surface area (Å²) in [6.45, 7) is -0.253. The number of benzene rings is 2. The highest BCUT2D eigenvalue weighted by Crippen LogP contribution is 2.23. The van der Waals surface area contributed by atoms with Crippen molar-refractivity contribution >= 4 is 40.1 Å². The number of hydrogen-bond donors (Lipinski definition) is 0. The second-order valence-corrected chi connectivity index (χ2v) is 6.09. The Morgan fingerprint density at radius 3 is 2.67 bits per heavy atom. The van der Waals surface area contributed by atoms with E-state index in [0.29, 0.717) is 21.7 Å². The van der Waals surface area contributed by atoms with E-state index in [1.165, 1.54) is 11.0 Å². The lowest BCUT2D eigenvalue weighted by Crippen LogP contribution is -2.35. The molecule has 3 aromatic rings. The van der Waals surface area contributed by atoms with Crippen molar-refractivity contribution in [2.24, 2.45) is 0 Å². The SMILES string of the molecule is N#CCCN(C(=O)COC(=O)c1cc2cc(Cl)ccc2o1)c1ccccc1. The van der Waals surface area contributed by atoms with Gasteiger partial charge in [0, 0.05) is 22.6 Å². The molecule has 0 atom stereocenters. The van der Waals surface area contributed by atoms with Crippen LogP contribution < -0.4 is 4.90 Å². The number of amides is 1. The molecule has 0 aliphatic carbocycles. The van der Waals surface area contributed by atoms with E-state index >= 15 is 0 Å². The summed E-state index contributed by atoms with van der Waals surface area (Å²) in [6, 6.07) is 17.4. The number of esters is 1. The number of rotatable bonds is 6. The van der Waals surface area contributed by atoms with Crippen LogP contribution in [0.5, 0.6) is 0 Å². The smallest absolute Gasteiger partial charge is 0.374 e. The molecule has 2 aromatic carbocycles. The van der Waals surface area contributed by atoms with Gasteiger partial charge in [-0.3, -0.25) is 4.79 Å². The van der Waals surface area contributed by atoms with Crippen LogP contribution in [0, 0.1) is 11.3 Å². The Morgan fingerprint density at radius 2 is 1.93 bits per heavy atom. The molecule has 1 aromatic heterocycles. The largest absolute Gasteiger partial charge is 0.450 e. The molecule has 0 bridgehead atoms. The highest BCUT2D eigenvalue weighted by molar-refractivity contribution is 6.31. The average Bonchev–Trinajstić information content (AvgIpc) is 3.10. The lowest BCUT2D eigenvalue weighted by atomic mass is 10.2. The topological polar surface area (TPSA) is 83.5 Å². The summed E-state index contributed by atoms with van der Waals surface area (Å²) < 4.78 is 10.5. The van der Waals surface area contributed by atoms with Gasteiger partial charge in [0.25, 0.3) is 5.91 Å². The van der Waals surface area contributed by atoms with E-state index < -0.39 is 18.5 Å². The van der Waals surface area contributed by atoms with Crippen molar-refractivity contribution in [1.82, 2.24) is 0 Å². The number of carbonyl (C=O) groups excluding carboxylic acids is 2. The molecule has 7 heteroatoms. The Bertz CT molecular complexity index is 1010. The highest BCUT2D eigenvalue weighted by Gasteiger charge is 2.20. The average molecular weight is 383 g/mol. The molecule has 0 saturated heterocycles. The molecule has 27 heavy (non-hydrogen) atoms. The van der Waals surface area contributed by atoms with Crippen LogP contribution in [-0.4, -0.2) is 25.0 Å². The number of carbonyl (C=O) groups is 2. The number of fused-ring (bicyclic) bond motifs is 1. The number of nitrogens with zero attached hydrogens (tertiary/aromatic N) is 2. The molecule has 6 nitrogen and oxygen atoms in total. The van der Waals surface area contributed by atoms with Gasteiger partial charge in [-0.15, -0.1) is 0 Å². The van der Waals surface area contributed by atoms with Gasteiger partial charge in [-0.05, 0) is 36.4 Å². The molecule has 0 saturated carbocycles. The van der Waals surface area contributed by atoms with Crippen LogP contribution in [0.25, 0.3) is 11.0 Å². The number of halogens is 1. The van der Waals surface area contributed by atoms with Gasteiger partial charge in [-0.1, -0.05) is 29.8 Å². The minimum atomic E-state index is -0.746. The van der Waals surface area contributed by atoms with Gasteiger partial charge in [0.05, 0.1) is 12.5 Å². The van der Waals surface area contributed by atoms with Crippen molar-refractivity contribution in [1.29, 1.82) is 5.26 Å². The maximum absolute atomic E-state index is 12.5. The first-order chi connectivity index (χ1) is 13.1. The summed E-state index contributed by atoms with van der Waals surface area (Å²) in [5.74, 6) is -1.18. The predicted molar refractivity (Wildman–Crippen MR) is 101 cm³/mol. The number of nitriles is 1. The Morgan fingerprint density at radius 1 is 1.15 bits per heavy atom. The zero-order valence-corrected chi connectivity index (χ0v) is 15.0. The number of ether oxygens (including phenoxy) is 1. The van der Waals surface area contributed by atoms with E-state index in [0.717, 1.165) is 0 Å². The Balaban J connectivity index is 1.68. The fourth-order valence-electron chi connectivity index (χ4n) is 2.56. The second-order valence-electron chi connectivity index (χ2n) is 5.66. The zero-order valence-electron chi connectivity index (χ0n) is 14.2. The van der Waals surface area contributed by atoms with Crippen molar-refractivity contribution in [2.75, 3.05) is 18.1 Å². The van der Waals surface area contributed by atoms with Crippen LogP contribution in [0.4, 0.5) is 5.69 Å². The van der Waals surface area contributed by atoms with Crippen LogP contribution in [0.2, 0.25) is 5.02 Å². The van der Waals surface area contributed by atoms with Gasteiger partial charge in [0.15, 0.2) is 6.61 Å². The fraction of sp³-hybridized carbons (Fsp3) is 0.150. The highest BCUT2D eigenvalue weighted by atomic mass is 35.5. The summed E-state index contributed by atoms with van der Waals surface area (Å²) >= 11 is 5.91. The van der Waals surface area contributed by atoms with Gasteiger partial charge in [-0.25, -0.2) is 4.79 Å². The van der Waals surface area contributed by atoms with Crippen LogP contribution >= 0.6 is 11.6 Å². The summed E-state index contributed by atoms with van der Waals surface area (Å²) in [5.41, 5.74) is 1.13. The number of anilines is 1. The van der Waals surface area contributed by atoms with Crippen molar-refractivity contribution in [3.63, 3.8) is 0 Å². The van der Waals surface area contributed by atoms with Gasteiger partial charge in [-0.2, -0.15) is 5.26 Å². The molecular weight excluding hydrogens is 368 g/mol. The van der Waals surface area contributed by atoms with Crippen LogP contribution in [0.15, 0.2) is 59.0 Å². The predicted octanol–water partition coefficient (Wildman–Crippen LogP) is 4.19. The molecule has 0 N–H and O–H groups in total. The maximum atomic E-state index is 12.5. The molecule has 0 radical (unpaired) electrons. The lowest BCUT2D eigenvalue weighted by Gasteiger charge is -2.21. The van der Waals surface area contributed by atoms with E-state index in [9.17, 15) is 9.59 Å². The molecule has 1 heterocycles. The first kappa shape index (κ1) is 18.5. The molecule has 0 aliphatic heterocycles. The third-order valence-corrected chi connectivity index (χ3v) is 4.06. The molecule has 136 valence electrons. The molecule has 1 amide bonds. The third-order valence-electron chi connectivity index (χ3n) is 3.82. The standard InChI is InChI=1S/C20H15ClN2O4/c21-15-7-8-17-14(11-15)12-18(27-17)20(25)26-13-19(24)23(10-4-9-22)16-5-2-1-3-6-16/h1-3,5-8,11-12H,4,10,13H2. The van der Waals surface area contributed by atoms with E-state index in [2.05, 4.69) is 0 Å². The summed E-state index contributed by atoms with van der Waals surface area (Å²) in [4.78, 5) is 26.1. The van der Waals surface area contributed by atoms with E-state index in [-0.39, 0.29) is 18.7 Å². The molecule has 0 spiro atoms. The minimum Gasteiger partial charge on any atom is -0.450 e. The van der Waals surface area contributed by atoms with Gasteiger partial charge >= 0.3 is 5.97 Å². The number of furan rings is 1. The molecule has 0 fully saturated rings. The molecular formula is C20H15ClN2O4. The maximum Gasteiger partial charge on any atom is 0.374 e. The third kappa shape index (κ3) is 4.46. The fourth-order valence-corrected chi connectivity index (χ4v) is 2.74. The first-order valence-corrected chi connectivity index (χ1v) is 8.55. The Kier molecular flexibility index (Phi) is 5.74. The van der Waals surface area contributed by atoms with Gasteiger partial charge in [0.1, 0.15) is 5.58 Å². The monoisotopic (exact) mass is 382 g/mol. The Labute approximate surface area is 160 Å². The van der Waals surface area contributed by atoms with Crippen LogP contribution in [0.3, 0.4) is 0 Å². The molecule has 0 unspecified atom stereocenters. The van der Waals surface area contributed by atoms with Gasteiger partial charge < -0.3 is 14.1 Å². The number of hydrogen-bond acceptors (Lipinski definition) is 5. The minimum absolute atomic E-state index is 0.0108. The van der Waals surface area contributed by atoms with E-state index in [1.54, 1.807) is 42.5 Å². The zero-order chi connectivity index (χ0) is 19.2. The van der Waals surface area contributed by atoms with Crippen LogP contribution in [-0.2, 0) is 9.53 Å². The van der Waals surface area contributed by atoms with Gasteiger partial charge in [0.2, 0.25) is 5.76 Å². The summed E-state index contributed by atoms with van der Waals surface area (Å²) in [6.07, 6.45) is 0.166.